The van der Waals surface area contributed by atoms with Gasteiger partial charge in [-0.25, -0.2) is 4.39 Å². The van der Waals surface area contributed by atoms with Gasteiger partial charge in [0, 0.05) is 11.4 Å². The normalized spacial score (nSPS) is 9.93. The standard InChI is InChI=1S/C18H13ClFNO2.C18H12ClNO2.2CH3I.CH2O3.2K.H/c19-17-15(22)10-11-16(23)18(17)21(12-6-2-1-3-7-12)14-9-5-4-8-13(14)20;19-17-14(21)10-11-16-18(17)20(12-6-2-1-3-7-12)13-8-4-5-9-15(13)22-16;2*1-2;2-1-4-3;;;/h1-11,22-23H;1-11,21H;2*1H3;1,3H;;;/q;;;;;2*+1;-1/p-1. The zero-order valence-corrected chi connectivity index (χ0v) is 42.1. The van der Waals surface area contributed by atoms with E-state index in [2.05, 4.69) is 50.1 Å². The van der Waals surface area contributed by atoms with Gasteiger partial charge in [0.2, 0.25) is 0 Å². The summed E-state index contributed by atoms with van der Waals surface area (Å²) in [6, 6.07) is 38.5. The molecule has 0 amide bonds. The number of rotatable bonds is 5. The molecule has 7 rings (SSSR count). The van der Waals surface area contributed by atoms with Crippen LogP contribution in [0.3, 0.4) is 0 Å². The van der Waals surface area contributed by atoms with E-state index in [0.717, 1.165) is 17.1 Å². The molecule has 278 valence electrons. The van der Waals surface area contributed by atoms with Crippen LogP contribution in [0.4, 0.5) is 38.5 Å². The molecule has 0 saturated carbocycles. The molecular formula is C39H33Cl2FI2K2N2O7. The largest absolute Gasteiger partial charge is 1.00 e. The fraction of sp³-hybridized carbons (Fsp3) is 0.0513. The van der Waals surface area contributed by atoms with Gasteiger partial charge in [0.1, 0.15) is 44.5 Å². The summed E-state index contributed by atoms with van der Waals surface area (Å²) in [6.07, 6.45) is 0. The van der Waals surface area contributed by atoms with Crippen molar-refractivity contribution in [2.24, 2.45) is 0 Å². The maximum absolute atomic E-state index is 14.3. The fourth-order valence-corrected chi connectivity index (χ4v) is 5.48. The zero-order valence-electron chi connectivity index (χ0n) is 31.0. The number of aromatic hydroxyl groups is 3. The Balaban J connectivity index is 0.000000873. The molecule has 0 aromatic heterocycles. The molecule has 55 heavy (non-hydrogen) atoms. The number of phenolic OH excluding ortho intramolecular Hbond substituents is 3. The van der Waals surface area contributed by atoms with E-state index in [1.165, 1.54) is 29.2 Å². The molecule has 0 bridgehead atoms. The second kappa shape index (κ2) is 27.5. The van der Waals surface area contributed by atoms with E-state index in [4.69, 9.17) is 38.0 Å². The first-order valence-electron chi connectivity index (χ1n) is 15.2. The number of para-hydroxylation sites is 5. The van der Waals surface area contributed by atoms with E-state index in [1.54, 1.807) is 48.5 Å². The minimum Gasteiger partial charge on any atom is -1.00 e. The van der Waals surface area contributed by atoms with Gasteiger partial charge in [-0.2, -0.15) is 0 Å². The van der Waals surface area contributed by atoms with Gasteiger partial charge in [0.05, 0.1) is 11.4 Å². The molecule has 0 unspecified atom stereocenters. The average Bonchev–Trinajstić information content (AvgIpc) is 3.21. The molecule has 0 atom stereocenters. The first kappa shape index (κ1) is 51.8. The Hall–Kier alpha value is -1.21. The van der Waals surface area contributed by atoms with Crippen molar-refractivity contribution in [3.05, 3.63) is 149 Å². The topological polar surface area (TPSA) is 126 Å². The Bertz CT molecular complexity index is 2090. The van der Waals surface area contributed by atoms with Crippen LogP contribution in [0.2, 0.25) is 10.0 Å². The number of anilines is 6. The number of nitrogens with zero attached hydrogens (tertiary/aromatic N) is 2. The Morgan fingerprint density at radius 2 is 1.20 bits per heavy atom. The van der Waals surface area contributed by atoms with Crippen LogP contribution in [0.1, 0.15) is 1.43 Å². The summed E-state index contributed by atoms with van der Waals surface area (Å²) in [4.78, 5) is 18.7. The van der Waals surface area contributed by atoms with Gasteiger partial charge < -0.3 is 41.4 Å². The minimum absolute atomic E-state index is 0. The molecule has 0 aliphatic carbocycles. The molecule has 9 nitrogen and oxygen atoms in total. The van der Waals surface area contributed by atoms with E-state index >= 15 is 0 Å². The van der Waals surface area contributed by atoms with Crippen molar-refractivity contribution in [2.45, 2.75) is 0 Å². The predicted molar refractivity (Wildman–Crippen MR) is 225 cm³/mol. The first-order valence-corrected chi connectivity index (χ1v) is 20.3. The molecule has 16 heteroatoms. The second-order valence-corrected chi connectivity index (χ2v) is 10.8. The maximum atomic E-state index is 14.3. The third-order valence-electron chi connectivity index (χ3n) is 7.07. The van der Waals surface area contributed by atoms with Gasteiger partial charge in [-0.15, -0.1) is 0 Å². The molecule has 0 saturated heterocycles. The van der Waals surface area contributed by atoms with E-state index in [0.29, 0.717) is 17.1 Å². The van der Waals surface area contributed by atoms with E-state index in [9.17, 15) is 19.7 Å². The second-order valence-electron chi connectivity index (χ2n) is 10.1. The number of hydrogen-bond acceptors (Lipinski definition) is 9. The SMILES string of the molecule is CI.CI.O=CO[O-].Oc1ccc(O)c(N(c2ccccc2)c2ccccc2F)c1Cl.Oc1ccc2c(c1Cl)N(c1ccccc1)c1ccccc1O2.[H-].[K+].[K+]. The van der Waals surface area contributed by atoms with Crippen LogP contribution in [0, 0.1) is 5.82 Å². The van der Waals surface area contributed by atoms with Crippen molar-refractivity contribution in [3.63, 3.8) is 0 Å². The van der Waals surface area contributed by atoms with Crippen molar-refractivity contribution in [1.29, 1.82) is 0 Å². The molecule has 1 aliphatic rings. The first-order chi connectivity index (χ1) is 25.8. The number of fused-ring (bicyclic) bond motifs is 2. The molecule has 0 fully saturated rings. The summed E-state index contributed by atoms with van der Waals surface area (Å²) in [7, 11) is 0. The summed E-state index contributed by atoms with van der Waals surface area (Å²) >= 11 is 16.8. The monoisotopic (exact) mass is 1060 g/mol. The van der Waals surface area contributed by atoms with Crippen molar-refractivity contribution in [2.75, 3.05) is 19.7 Å². The molecular weight excluding hydrogens is 1030 g/mol. The van der Waals surface area contributed by atoms with Crippen LogP contribution >= 0.6 is 68.4 Å². The molecule has 6 aromatic carbocycles. The summed E-state index contributed by atoms with van der Waals surface area (Å²) in [5.74, 6) is 0.557. The summed E-state index contributed by atoms with van der Waals surface area (Å²) in [5, 5.41) is 38.7. The summed E-state index contributed by atoms with van der Waals surface area (Å²) < 4.78 is 20.3. The van der Waals surface area contributed by atoms with Gasteiger partial charge >= 0.3 is 103 Å². The molecule has 0 radical (unpaired) electrons. The number of hydrogen-bond donors (Lipinski definition) is 3. The minimum atomic E-state index is -0.477. The number of benzene rings is 6. The van der Waals surface area contributed by atoms with Crippen LogP contribution in [-0.2, 0) is 9.68 Å². The van der Waals surface area contributed by atoms with E-state index in [1.807, 2.05) is 75.4 Å². The number of phenols is 3. The Kier molecular flexibility index (Phi) is 25.9. The summed E-state index contributed by atoms with van der Waals surface area (Å²) in [5.41, 5.74) is 3.40. The smallest absolute Gasteiger partial charge is 1.00 e. The van der Waals surface area contributed by atoms with Gasteiger partial charge in [-0.3, -0.25) is 4.79 Å². The van der Waals surface area contributed by atoms with Gasteiger partial charge in [-0.05, 0) is 82.7 Å². The summed E-state index contributed by atoms with van der Waals surface area (Å²) in [6.45, 7) is -0.181. The van der Waals surface area contributed by atoms with E-state index < -0.39 is 5.82 Å². The Morgan fingerprint density at radius 3 is 1.80 bits per heavy atom. The molecule has 6 aromatic rings. The average molecular weight is 1060 g/mol. The van der Waals surface area contributed by atoms with Crippen molar-refractivity contribution in [1.82, 2.24) is 0 Å². The maximum Gasteiger partial charge on any atom is 1.00 e. The molecule has 1 aliphatic heterocycles. The van der Waals surface area contributed by atoms with Gasteiger partial charge in [0.25, 0.3) is 6.47 Å². The number of carbonyl (C=O) groups excluding carboxylic acids is 1. The Morgan fingerprint density at radius 1 is 0.709 bits per heavy atom. The van der Waals surface area contributed by atoms with Crippen molar-refractivity contribution >= 4 is 109 Å². The molecule has 3 N–H and O–H groups in total. The predicted octanol–water partition coefficient (Wildman–Crippen LogP) is 5.64. The fourth-order valence-electron chi connectivity index (χ4n) is 4.99. The van der Waals surface area contributed by atoms with Crippen LogP contribution in [0.15, 0.2) is 133 Å². The van der Waals surface area contributed by atoms with Crippen LogP contribution in [0.5, 0.6) is 28.7 Å². The van der Waals surface area contributed by atoms with Gasteiger partial charge in [0.15, 0.2) is 11.5 Å². The zero-order chi connectivity index (χ0) is 38.9. The number of halogens is 5. The number of ether oxygens (including phenoxy) is 1. The quantitative estimate of drug-likeness (QED) is 0.0383. The number of carbonyl (C=O) groups is 1. The van der Waals surface area contributed by atoms with Gasteiger partial charge in [-0.1, -0.05) is 129 Å². The third-order valence-corrected chi connectivity index (χ3v) is 7.81. The molecule has 1 heterocycles. The Labute approximate surface area is 442 Å². The third kappa shape index (κ3) is 13.7. The molecule has 0 spiro atoms. The number of alkyl halides is 2. The van der Waals surface area contributed by atoms with Crippen molar-refractivity contribution in [3.8, 4) is 28.7 Å². The van der Waals surface area contributed by atoms with Crippen molar-refractivity contribution < 1.29 is 144 Å². The van der Waals surface area contributed by atoms with Crippen LogP contribution in [0.25, 0.3) is 0 Å². The van der Waals surface area contributed by atoms with Crippen LogP contribution in [-0.4, -0.2) is 31.7 Å². The van der Waals surface area contributed by atoms with E-state index in [-0.39, 0.29) is 149 Å². The van der Waals surface area contributed by atoms with Crippen LogP contribution < -0.4 is 123 Å².